The lowest BCUT2D eigenvalue weighted by atomic mass is 10.1. The second kappa shape index (κ2) is 6.79. The Hall–Kier alpha value is -2.74. The van der Waals surface area contributed by atoms with Crippen LogP contribution in [0.5, 0.6) is 0 Å². The summed E-state index contributed by atoms with van der Waals surface area (Å²) in [7, 11) is 0. The summed E-state index contributed by atoms with van der Waals surface area (Å²) in [6.45, 7) is 1.94. The van der Waals surface area contributed by atoms with E-state index in [0.717, 1.165) is 0 Å². The van der Waals surface area contributed by atoms with E-state index in [-0.39, 0.29) is 30.4 Å². The quantitative estimate of drug-likeness (QED) is 0.839. The van der Waals surface area contributed by atoms with Crippen molar-refractivity contribution in [1.29, 1.82) is 0 Å². The predicted molar refractivity (Wildman–Crippen MR) is 84.9 cm³/mol. The van der Waals surface area contributed by atoms with Gasteiger partial charge in [0.2, 0.25) is 17.7 Å². The highest BCUT2D eigenvalue weighted by molar-refractivity contribution is 5.94. The SMILES string of the molecule is Cc1nnc(C2CC(NC(=O)c3ccccc3)CN2C(=O)CN)o1. The number of carbonyl (C=O) groups is 2. The van der Waals surface area contributed by atoms with Crippen molar-refractivity contribution in [3.8, 4) is 0 Å². The van der Waals surface area contributed by atoms with Crippen LogP contribution in [0.4, 0.5) is 0 Å². The van der Waals surface area contributed by atoms with Crippen LogP contribution >= 0.6 is 0 Å². The van der Waals surface area contributed by atoms with Gasteiger partial charge in [0.1, 0.15) is 6.04 Å². The topological polar surface area (TPSA) is 114 Å². The molecule has 0 saturated carbocycles. The van der Waals surface area contributed by atoms with Gasteiger partial charge in [-0.15, -0.1) is 10.2 Å². The van der Waals surface area contributed by atoms with E-state index in [1.807, 2.05) is 6.07 Å². The number of hydrogen-bond donors (Lipinski definition) is 2. The molecule has 1 aromatic heterocycles. The zero-order valence-corrected chi connectivity index (χ0v) is 13.3. The normalized spacial score (nSPS) is 20.2. The Morgan fingerprint density at radius 2 is 2.08 bits per heavy atom. The lowest BCUT2D eigenvalue weighted by Crippen LogP contribution is -2.40. The van der Waals surface area contributed by atoms with Gasteiger partial charge < -0.3 is 20.4 Å². The molecule has 0 radical (unpaired) electrons. The molecule has 2 unspecified atom stereocenters. The molecule has 3 rings (SSSR count). The maximum atomic E-state index is 12.3. The van der Waals surface area contributed by atoms with Crippen LogP contribution in [-0.4, -0.2) is 46.0 Å². The van der Waals surface area contributed by atoms with E-state index in [1.165, 1.54) is 0 Å². The van der Waals surface area contributed by atoms with Gasteiger partial charge in [0.25, 0.3) is 5.91 Å². The Morgan fingerprint density at radius 1 is 1.33 bits per heavy atom. The van der Waals surface area contributed by atoms with Crippen LogP contribution in [0.15, 0.2) is 34.7 Å². The van der Waals surface area contributed by atoms with Gasteiger partial charge in [0, 0.05) is 25.1 Å². The van der Waals surface area contributed by atoms with Gasteiger partial charge in [-0.1, -0.05) is 18.2 Å². The Kier molecular flexibility index (Phi) is 4.57. The fraction of sp³-hybridized carbons (Fsp3) is 0.375. The predicted octanol–water partition coefficient (Wildman–Crippen LogP) is 0.409. The molecule has 126 valence electrons. The van der Waals surface area contributed by atoms with E-state index in [9.17, 15) is 9.59 Å². The number of amides is 2. The summed E-state index contributed by atoms with van der Waals surface area (Å²) in [6.07, 6.45) is 0.506. The fourth-order valence-corrected chi connectivity index (χ4v) is 2.87. The average molecular weight is 329 g/mol. The van der Waals surface area contributed by atoms with Crippen LogP contribution in [0.25, 0.3) is 0 Å². The van der Waals surface area contributed by atoms with Crippen molar-refractivity contribution in [2.24, 2.45) is 5.73 Å². The van der Waals surface area contributed by atoms with E-state index in [4.69, 9.17) is 10.2 Å². The third-order valence-corrected chi connectivity index (χ3v) is 3.99. The first-order chi connectivity index (χ1) is 11.6. The fourth-order valence-electron chi connectivity index (χ4n) is 2.87. The molecule has 1 aromatic carbocycles. The first-order valence-corrected chi connectivity index (χ1v) is 7.74. The molecule has 8 heteroatoms. The molecule has 8 nitrogen and oxygen atoms in total. The summed E-state index contributed by atoms with van der Waals surface area (Å²) >= 11 is 0. The minimum atomic E-state index is -0.372. The molecule has 1 aliphatic rings. The van der Waals surface area contributed by atoms with Gasteiger partial charge in [-0.25, -0.2) is 0 Å². The monoisotopic (exact) mass is 329 g/mol. The van der Waals surface area contributed by atoms with Crippen LogP contribution in [0.1, 0.15) is 34.6 Å². The summed E-state index contributed by atoms with van der Waals surface area (Å²) in [4.78, 5) is 26.0. The maximum Gasteiger partial charge on any atom is 0.251 e. The Bertz CT molecular complexity index is 730. The van der Waals surface area contributed by atoms with Gasteiger partial charge in [-0.3, -0.25) is 9.59 Å². The lowest BCUT2D eigenvalue weighted by Gasteiger charge is -2.21. The van der Waals surface area contributed by atoms with Crippen LogP contribution in [0.2, 0.25) is 0 Å². The number of likely N-dealkylation sites (tertiary alicyclic amines) is 1. The molecule has 0 spiro atoms. The number of benzene rings is 1. The van der Waals surface area contributed by atoms with Crippen molar-refractivity contribution in [3.05, 3.63) is 47.7 Å². The number of carbonyl (C=O) groups excluding carboxylic acids is 2. The molecule has 0 aliphatic carbocycles. The lowest BCUT2D eigenvalue weighted by molar-refractivity contribution is -0.131. The molecule has 1 saturated heterocycles. The summed E-state index contributed by atoms with van der Waals surface area (Å²) < 4.78 is 5.46. The van der Waals surface area contributed by atoms with Gasteiger partial charge in [0.05, 0.1) is 6.54 Å². The Morgan fingerprint density at radius 3 is 2.71 bits per heavy atom. The highest BCUT2D eigenvalue weighted by Gasteiger charge is 2.39. The number of aromatic nitrogens is 2. The number of hydrogen-bond acceptors (Lipinski definition) is 6. The van der Waals surface area contributed by atoms with Crippen molar-refractivity contribution in [1.82, 2.24) is 20.4 Å². The maximum absolute atomic E-state index is 12.3. The van der Waals surface area contributed by atoms with Crippen molar-refractivity contribution < 1.29 is 14.0 Å². The minimum Gasteiger partial charge on any atom is -0.423 e. The average Bonchev–Trinajstić information content (AvgIpc) is 3.21. The molecule has 2 atom stereocenters. The molecule has 2 aromatic rings. The molecule has 0 bridgehead atoms. The zero-order chi connectivity index (χ0) is 17.1. The Labute approximate surface area is 139 Å². The highest BCUT2D eigenvalue weighted by atomic mass is 16.4. The van der Waals surface area contributed by atoms with E-state index >= 15 is 0 Å². The highest BCUT2D eigenvalue weighted by Crippen LogP contribution is 2.31. The Balaban J connectivity index is 1.74. The van der Waals surface area contributed by atoms with Crippen molar-refractivity contribution in [2.75, 3.05) is 13.1 Å². The van der Waals surface area contributed by atoms with Gasteiger partial charge in [-0.2, -0.15) is 0 Å². The molecule has 1 fully saturated rings. The first-order valence-electron chi connectivity index (χ1n) is 7.74. The van der Waals surface area contributed by atoms with E-state index in [2.05, 4.69) is 15.5 Å². The molecular weight excluding hydrogens is 310 g/mol. The zero-order valence-electron chi connectivity index (χ0n) is 13.3. The number of rotatable bonds is 4. The molecule has 3 N–H and O–H groups in total. The second-order valence-corrected chi connectivity index (χ2v) is 5.70. The third kappa shape index (κ3) is 3.28. The number of nitrogens with one attached hydrogen (secondary N) is 1. The summed E-state index contributed by atoms with van der Waals surface area (Å²) in [5.74, 6) is 0.406. The minimum absolute atomic E-state index is 0.108. The molecule has 2 amide bonds. The summed E-state index contributed by atoms with van der Waals surface area (Å²) in [5, 5.41) is 10.8. The largest absolute Gasteiger partial charge is 0.423 e. The first kappa shape index (κ1) is 16.1. The van der Waals surface area contributed by atoms with Crippen LogP contribution < -0.4 is 11.1 Å². The van der Waals surface area contributed by atoms with Crippen LogP contribution in [0, 0.1) is 6.92 Å². The van der Waals surface area contributed by atoms with E-state index in [0.29, 0.717) is 30.3 Å². The standard InChI is InChI=1S/C16H19N5O3/c1-10-19-20-16(24-10)13-7-12(9-21(13)14(22)8-17)18-15(23)11-5-3-2-4-6-11/h2-6,12-13H,7-9,17H2,1H3,(H,18,23). The van der Waals surface area contributed by atoms with Crippen molar-refractivity contribution in [3.63, 3.8) is 0 Å². The molecular formula is C16H19N5O3. The van der Waals surface area contributed by atoms with Crippen molar-refractivity contribution >= 4 is 11.8 Å². The van der Waals surface area contributed by atoms with Crippen LogP contribution in [-0.2, 0) is 4.79 Å². The molecule has 2 heterocycles. The smallest absolute Gasteiger partial charge is 0.251 e. The third-order valence-electron chi connectivity index (χ3n) is 3.99. The van der Waals surface area contributed by atoms with Crippen molar-refractivity contribution in [2.45, 2.75) is 25.4 Å². The summed E-state index contributed by atoms with van der Waals surface area (Å²) in [6, 6.07) is 8.36. The molecule has 24 heavy (non-hydrogen) atoms. The number of nitrogens with zero attached hydrogens (tertiary/aromatic N) is 3. The van der Waals surface area contributed by atoms with E-state index < -0.39 is 0 Å². The van der Waals surface area contributed by atoms with E-state index in [1.54, 1.807) is 36.1 Å². The number of nitrogens with two attached hydrogens (primary N) is 1. The van der Waals surface area contributed by atoms with Gasteiger partial charge >= 0.3 is 0 Å². The van der Waals surface area contributed by atoms with Crippen LogP contribution in [0.3, 0.4) is 0 Å². The van der Waals surface area contributed by atoms with Gasteiger partial charge in [0.15, 0.2) is 0 Å². The second-order valence-electron chi connectivity index (χ2n) is 5.70. The summed E-state index contributed by atoms with van der Waals surface area (Å²) in [5.41, 5.74) is 6.07. The number of aryl methyl sites for hydroxylation is 1. The van der Waals surface area contributed by atoms with Gasteiger partial charge in [-0.05, 0) is 18.6 Å². The molecule has 1 aliphatic heterocycles.